The molecule has 0 aliphatic heterocycles. The second-order valence-electron chi connectivity index (χ2n) is 3.48. The molecular weight excluding hydrogens is 239 g/mol. The molecule has 0 saturated carbocycles. The topological polar surface area (TPSA) is 46.0 Å². The predicted molar refractivity (Wildman–Crippen MR) is 64.5 cm³/mol. The third kappa shape index (κ3) is 1.64. The van der Waals surface area contributed by atoms with E-state index >= 15 is 0 Å². The highest BCUT2D eigenvalue weighted by atomic mass is 32.1. The lowest BCUT2D eigenvalue weighted by molar-refractivity contribution is 0.457. The molecule has 5 heteroatoms. The normalized spacial score (nSPS) is 10.9. The van der Waals surface area contributed by atoms with Crippen LogP contribution in [0.5, 0.6) is 5.88 Å². The van der Waals surface area contributed by atoms with E-state index in [4.69, 9.17) is 0 Å². The molecule has 3 nitrogen and oxygen atoms in total. The van der Waals surface area contributed by atoms with Gasteiger partial charge in [-0.2, -0.15) is 4.98 Å². The van der Waals surface area contributed by atoms with Crippen molar-refractivity contribution in [2.45, 2.75) is 0 Å². The maximum atomic E-state index is 13.5. The summed E-state index contributed by atoms with van der Waals surface area (Å²) in [4.78, 5) is 9.00. The number of aromatic nitrogens is 2. The number of halogens is 1. The molecule has 3 rings (SSSR count). The third-order valence-corrected chi connectivity index (χ3v) is 3.26. The van der Waals surface area contributed by atoms with Crippen LogP contribution in [0.1, 0.15) is 0 Å². The molecule has 0 spiro atoms. The molecule has 17 heavy (non-hydrogen) atoms. The second-order valence-corrected chi connectivity index (χ2v) is 4.43. The second kappa shape index (κ2) is 3.78. The summed E-state index contributed by atoms with van der Waals surface area (Å²) in [6, 6.07) is 8.20. The van der Waals surface area contributed by atoms with Gasteiger partial charge in [-0.3, -0.25) is 0 Å². The molecule has 0 radical (unpaired) electrons. The van der Waals surface area contributed by atoms with Crippen molar-refractivity contribution in [3.05, 3.63) is 41.5 Å². The Bertz CT molecular complexity index is 682. The Morgan fingerprint density at radius 3 is 2.76 bits per heavy atom. The van der Waals surface area contributed by atoms with Gasteiger partial charge in [0, 0.05) is 0 Å². The molecule has 1 aromatic carbocycles. The Kier molecular flexibility index (Phi) is 2.26. The van der Waals surface area contributed by atoms with Crippen molar-refractivity contribution in [3.8, 4) is 16.6 Å². The van der Waals surface area contributed by atoms with Crippen molar-refractivity contribution in [1.82, 2.24) is 9.97 Å². The van der Waals surface area contributed by atoms with Crippen molar-refractivity contribution >= 4 is 22.2 Å². The van der Waals surface area contributed by atoms with Crippen LogP contribution in [0.3, 0.4) is 0 Å². The van der Waals surface area contributed by atoms with Crippen LogP contribution in [0, 0.1) is 5.82 Å². The van der Waals surface area contributed by atoms with Gasteiger partial charge in [-0.15, -0.1) is 11.3 Å². The van der Waals surface area contributed by atoms with Gasteiger partial charge < -0.3 is 5.11 Å². The number of rotatable bonds is 1. The van der Waals surface area contributed by atoms with E-state index in [2.05, 4.69) is 9.97 Å². The summed E-state index contributed by atoms with van der Waals surface area (Å²) < 4.78 is 13.5. The SMILES string of the molecule is Oc1nc(-c2cccs2)nc2cccc(F)c12. The van der Waals surface area contributed by atoms with Crippen molar-refractivity contribution in [2.75, 3.05) is 0 Å². The van der Waals surface area contributed by atoms with Gasteiger partial charge in [0.2, 0.25) is 5.88 Å². The number of nitrogens with zero attached hydrogens (tertiary/aromatic N) is 2. The van der Waals surface area contributed by atoms with Gasteiger partial charge in [0.25, 0.3) is 0 Å². The maximum Gasteiger partial charge on any atom is 0.225 e. The first-order chi connectivity index (χ1) is 8.25. The van der Waals surface area contributed by atoms with E-state index in [-0.39, 0.29) is 11.3 Å². The minimum absolute atomic E-state index is 0.0628. The minimum Gasteiger partial charge on any atom is -0.493 e. The number of fused-ring (bicyclic) bond motifs is 1. The summed E-state index contributed by atoms with van der Waals surface area (Å²) >= 11 is 1.47. The molecule has 0 amide bonds. The largest absolute Gasteiger partial charge is 0.493 e. The average molecular weight is 246 g/mol. The number of thiophene rings is 1. The summed E-state index contributed by atoms with van der Waals surface area (Å²) in [6.07, 6.45) is 0. The summed E-state index contributed by atoms with van der Waals surface area (Å²) in [5.74, 6) is -0.426. The standard InChI is InChI=1S/C12H7FN2OS/c13-7-3-1-4-8-10(7)12(16)15-11(14-8)9-5-2-6-17-9/h1-6H,(H,14,15,16). The Hall–Kier alpha value is -2.01. The summed E-state index contributed by atoms with van der Waals surface area (Å²) in [6.45, 7) is 0. The van der Waals surface area contributed by atoms with Crippen molar-refractivity contribution in [2.24, 2.45) is 0 Å². The smallest absolute Gasteiger partial charge is 0.225 e. The highest BCUT2D eigenvalue weighted by molar-refractivity contribution is 7.13. The zero-order valence-electron chi connectivity index (χ0n) is 8.59. The van der Waals surface area contributed by atoms with Gasteiger partial charge in [-0.05, 0) is 23.6 Å². The molecule has 0 unspecified atom stereocenters. The molecule has 2 heterocycles. The van der Waals surface area contributed by atoms with Crippen LogP contribution >= 0.6 is 11.3 Å². The molecule has 3 aromatic rings. The van der Waals surface area contributed by atoms with Gasteiger partial charge in [0.15, 0.2) is 5.82 Å². The molecular formula is C12H7FN2OS. The van der Waals surface area contributed by atoms with E-state index in [0.29, 0.717) is 11.3 Å². The van der Waals surface area contributed by atoms with E-state index in [1.54, 1.807) is 12.1 Å². The van der Waals surface area contributed by atoms with Gasteiger partial charge in [-0.1, -0.05) is 12.1 Å². The number of benzene rings is 1. The lowest BCUT2D eigenvalue weighted by atomic mass is 10.2. The number of aromatic hydroxyl groups is 1. The van der Waals surface area contributed by atoms with E-state index in [1.807, 2.05) is 17.5 Å². The van der Waals surface area contributed by atoms with Gasteiger partial charge in [-0.25, -0.2) is 9.37 Å². The summed E-state index contributed by atoms with van der Waals surface area (Å²) in [5, 5.41) is 11.7. The Morgan fingerprint density at radius 1 is 1.12 bits per heavy atom. The minimum atomic E-state index is -0.516. The van der Waals surface area contributed by atoms with Crippen molar-refractivity contribution in [3.63, 3.8) is 0 Å². The van der Waals surface area contributed by atoms with Crippen LogP contribution < -0.4 is 0 Å². The monoisotopic (exact) mass is 246 g/mol. The Morgan fingerprint density at radius 2 is 2.00 bits per heavy atom. The fourth-order valence-corrected chi connectivity index (χ4v) is 2.30. The van der Waals surface area contributed by atoms with Crippen LogP contribution in [0.25, 0.3) is 21.6 Å². The molecule has 0 saturated heterocycles. The fraction of sp³-hybridized carbons (Fsp3) is 0. The van der Waals surface area contributed by atoms with Gasteiger partial charge in [0.05, 0.1) is 15.8 Å². The molecule has 84 valence electrons. The van der Waals surface area contributed by atoms with E-state index in [0.717, 1.165) is 4.88 Å². The Balaban J connectivity index is 2.32. The summed E-state index contributed by atoms with van der Waals surface area (Å²) in [7, 11) is 0. The van der Waals surface area contributed by atoms with Crippen LogP contribution in [0.4, 0.5) is 4.39 Å². The van der Waals surface area contributed by atoms with E-state index in [1.165, 1.54) is 17.4 Å². The molecule has 0 atom stereocenters. The predicted octanol–water partition coefficient (Wildman–Crippen LogP) is 3.20. The van der Waals surface area contributed by atoms with Crippen LogP contribution in [0.2, 0.25) is 0 Å². The molecule has 0 aliphatic rings. The van der Waals surface area contributed by atoms with Crippen LogP contribution in [-0.2, 0) is 0 Å². The highest BCUT2D eigenvalue weighted by Gasteiger charge is 2.12. The molecule has 0 aliphatic carbocycles. The van der Waals surface area contributed by atoms with Gasteiger partial charge in [0.1, 0.15) is 5.82 Å². The molecule has 2 aromatic heterocycles. The quantitative estimate of drug-likeness (QED) is 0.717. The zero-order valence-corrected chi connectivity index (χ0v) is 9.41. The first-order valence-corrected chi connectivity index (χ1v) is 5.83. The van der Waals surface area contributed by atoms with E-state index in [9.17, 15) is 9.50 Å². The maximum absolute atomic E-state index is 13.5. The highest BCUT2D eigenvalue weighted by Crippen LogP contribution is 2.29. The van der Waals surface area contributed by atoms with Crippen molar-refractivity contribution < 1.29 is 9.50 Å². The van der Waals surface area contributed by atoms with Gasteiger partial charge >= 0.3 is 0 Å². The van der Waals surface area contributed by atoms with Crippen LogP contribution in [0.15, 0.2) is 35.7 Å². The first-order valence-electron chi connectivity index (χ1n) is 4.95. The van der Waals surface area contributed by atoms with E-state index < -0.39 is 5.82 Å². The van der Waals surface area contributed by atoms with Crippen molar-refractivity contribution in [1.29, 1.82) is 0 Å². The van der Waals surface area contributed by atoms with Crippen LogP contribution in [-0.4, -0.2) is 15.1 Å². The average Bonchev–Trinajstić information content (AvgIpc) is 2.81. The molecule has 0 bridgehead atoms. The lowest BCUT2D eigenvalue weighted by Gasteiger charge is -2.03. The zero-order chi connectivity index (χ0) is 11.8. The molecule has 1 N–H and O–H groups in total. The first kappa shape index (κ1) is 10.2. The Labute approximate surface area is 100 Å². The summed E-state index contributed by atoms with van der Waals surface area (Å²) in [5.41, 5.74) is 0.404. The third-order valence-electron chi connectivity index (χ3n) is 2.39. The molecule has 0 fully saturated rings. The fourth-order valence-electron chi connectivity index (χ4n) is 1.64. The number of hydrogen-bond acceptors (Lipinski definition) is 4. The lowest BCUT2D eigenvalue weighted by Crippen LogP contribution is -1.91. The number of hydrogen-bond donors (Lipinski definition) is 1.